The van der Waals surface area contributed by atoms with E-state index in [0.29, 0.717) is 5.69 Å². The molecule has 8 heteroatoms. The van der Waals surface area contributed by atoms with Gasteiger partial charge in [-0.25, -0.2) is 9.78 Å². The van der Waals surface area contributed by atoms with E-state index < -0.39 is 17.7 Å². The normalized spacial score (nSPS) is 24.4. The minimum absolute atomic E-state index is 0.0178. The zero-order chi connectivity index (χ0) is 28.8. The smallest absolute Gasteiger partial charge is 0.418 e. The molecule has 1 heterocycles. The number of pyridine rings is 1. The van der Waals surface area contributed by atoms with E-state index in [2.05, 4.69) is 31.0 Å². The summed E-state index contributed by atoms with van der Waals surface area (Å²) in [6, 6.07) is 14.9. The highest BCUT2D eigenvalue weighted by Gasteiger charge is 2.42. The molecule has 2 aromatic carbocycles. The molecule has 0 amide bonds. The number of benzene rings is 2. The number of carboxylic acid groups (broad SMARTS) is 1. The first-order chi connectivity index (χ1) is 18.9. The van der Waals surface area contributed by atoms with Gasteiger partial charge in [0.25, 0.3) is 0 Å². The van der Waals surface area contributed by atoms with E-state index >= 15 is 0 Å². The average molecular weight is 552 g/mol. The summed E-state index contributed by atoms with van der Waals surface area (Å²) in [5.74, 6) is 1.15. The molecule has 1 N–H and O–H groups in total. The van der Waals surface area contributed by atoms with Crippen LogP contribution in [0.1, 0.15) is 67.4 Å². The van der Waals surface area contributed by atoms with Crippen LogP contribution in [-0.2, 0) is 11.6 Å². The van der Waals surface area contributed by atoms with Gasteiger partial charge in [0.1, 0.15) is 11.4 Å². The number of halogens is 3. The second-order valence-corrected chi connectivity index (χ2v) is 12.1. The largest absolute Gasteiger partial charge is 0.478 e. The molecule has 212 valence electrons. The highest BCUT2D eigenvalue weighted by Crippen LogP contribution is 2.51. The molecule has 0 radical (unpaired) electrons. The fourth-order valence-corrected chi connectivity index (χ4v) is 7.26. The molecule has 3 aromatic rings. The van der Waals surface area contributed by atoms with Crippen molar-refractivity contribution in [2.75, 3.05) is 23.9 Å². The molecule has 2 bridgehead atoms. The van der Waals surface area contributed by atoms with Gasteiger partial charge >= 0.3 is 12.1 Å². The zero-order valence-electron chi connectivity index (χ0n) is 23.4. The zero-order valence-corrected chi connectivity index (χ0v) is 23.4. The van der Waals surface area contributed by atoms with E-state index in [9.17, 15) is 23.1 Å². The van der Waals surface area contributed by atoms with Crippen molar-refractivity contribution in [2.45, 2.75) is 57.5 Å². The van der Waals surface area contributed by atoms with Crippen molar-refractivity contribution in [2.24, 2.45) is 17.8 Å². The predicted octanol–water partition coefficient (Wildman–Crippen LogP) is 8.44. The van der Waals surface area contributed by atoms with Crippen molar-refractivity contribution >= 4 is 28.8 Å². The van der Waals surface area contributed by atoms with Crippen molar-refractivity contribution < 1.29 is 23.1 Å². The van der Waals surface area contributed by atoms with Gasteiger partial charge in [-0.05, 0) is 103 Å². The number of aromatic nitrogens is 1. The average Bonchev–Trinajstić information content (AvgIpc) is 2.90. The molecule has 0 spiro atoms. The second-order valence-electron chi connectivity index (χ2n) is 12.1. The van der Waals surface area contributed by atoms with E-state index in [4.69, 9.17) is 0 Å². The molecule has 5 nitrogen and oxygen atoms in total. The maximum atomic E-state index is 14.3. The van der Waals surface area contributed by atoms with Gasteiger partial charge in [-0.2, -0.15) is 13.2 Å². The summed E-state index contributed by atoms with van der Waals surface area (Å²) in [5.41, 5.74) is 1.32. The highest BCUT2D eigenvalue weighted by atomic mass is 19.4. The minimum atomic E-state index is -4.62. The monoisotopic (exact) mass is 551 g/mol. The number of rotatable bonds is 6. The Morgan fingerprint density at radius 2 is 1.57 bits per heavy atom. The van der Waals surface area contributed by atoms with Crippen LogP contribution in [0.15, 0.2) is 60.8 Å². The molecule has 1 aromatic heterocycles. The quantitative estimate of drug-likeness (QED) is 0.333. The Hall–Kier alpha value is -3.55. The minimum Gasteiger partial charge on any atom is -0.478 e. The molecule has 2 aliphatic carbocycles. The van der Waals surface area contributed by atoms with E-state index in [1.807, 2.05) is 12.1 Å². The molecule has 0 aliphatic heterocycles. The summed E-state index contributed by atoms with van der Waals surface area (Å²) in [4.78, 5) is 18.7. The van der Waals surface area contributed by atoms with Crippen LogP contribution in [0.2, 0.25) is 0 Å². The van der Waals surface area contributed by atoms with Crippen molar-refractivity contribution in [1.82, 2.24) is 4.98 Å². The maximum absolute atomic E-state index is 14.3. The number of carboxylic acids is 1. The molecule has 0 saturated heterocycles. The first-order valence-electron chi connectivity index (χ1n) is 13.8. The summed E-state index contributed by atoms with van der Waals surface area (Å²) >= 11 is 0. The Morgan fingerprint density at radius 3 is 2.17 bits per heavy atom. The van der Waals surface area contributed by atoms with Crippen LogP contribution >= 0.6 is 0 Å². The SMILES string of the molecule is CC1CC2CC(C1)CC(C)(c1ccc(N(C)c3ccc(N(C)c4ncccc4C(=O)O)cc3C(F)(F)F)cc1)C2. The van der Waals surface area contributed by atoms with Crippen LogP contribution in [0.4, 0.5) is 36.1 Å². The number of alkyl halides is 3. The fourth-order valence-electron chi connectivity index (χ4n) is 7.26. The second kappa shape index (κ2) is 10.5. The number of hydrogen-bond acceptors (Lipinski definition) is 4. The van der Waals surface area contributed by atoms with Gasteiger partial charge in [-0.15, -0.1) is 0 Å². The molecule has 2 unspecified atom stereocenters. The Labute approximate surface area is 233 Å². The topological polar surface area (TPSA) is 56.7 Å². The molecule has 40 heavy (non-hydrogen) atoms. The number of nitrogens with zero attached hydrogens (tertiary/aromatic N) is 3. The molecule has 2 fully saturated rings. The third kappa shape index (κ3) is 5.40. The van der Waals surface area contributed by atoms with Gasteiger partial charge in [0.2, 0.25) is 0 Å². The fraction of sp³-hybridized carbons (Fsp3) is 0.438. The van der Waals surface area contributed by atoms with Gasteiger partial charge < -0.3 is 14.9 Å². The number of fused-ring (bicyclic) bond motifs is 2. The molecule has 5 rings (SSSR count). The summed E-state index contributed by atoms with van der Waals surface area (Å²) in [6.45, 7) is 4.70. The molecule has 2 atom stereocenters. The first kappa shape index (κ1) is 28.0. The van der Waals surface area contributed by atoms with Gasteiger partial charge in [0.05, 0.1) is 11.3 Å². The Bertz CT molecular complexity index is 1370. The third-order valence-electron chi connectivity index (χ3n) is 8.94. The Morgan fingerprint density at radius 1 is 0.950 bits per heavy atom. The lowest BCUT2D eigenvalue weighted by Gasteiger charge is -2.47. The van der Waals surface area contributed by atoms with Crippen LogP contribution in [0.25, 0.3) is 0 Å². The van der Waals surface area contributed by atoms with Crippen LogP contribution < -0.4 is 9.80 Å². The predicted molar refractivity (Wildman–Crippen MR) is 152 cm³/mol. The lowest BCUT2D eigenvalue weighted by Crippen LogP contribution is -2.38. The molecule has 2 saturated carbocycles. The van der Waals surface area contributed by atoms with Crippen molar-refractivity contribution in [3.63, 3.8) is 0 Å². The number of aromatic carboxylic acids is 1. The van der Waals surface area contributed by atoms with Crippen LogP contribution in [-0.4, -0.2) is 30.2 Å². The van der Waals surface area contributed by atoms with E-state index in [1.165, 1.54) is 61.2 Å². The van der Waals surface area contributed by atoms with E-state index in [0.717, 1.165) is 36.7 Å². The third-order valence-corrected chi connectivity index (χ3v) is 8.94. The van der Waals surface area contributed by atoms with Crippen molar-refractivity contribution in [3.05, 3.63) is 77.5 Å². The van der Waals surface area contributed by atoms with Gasteiger partial charge in [-0.3, -0.25) is 0 Å². The van der Waals surface area contributed by atoms with Gasteiger partial charge in [-0.1, -0.05) is 26.0 Å². The molecular weight excluding hydrogens is 515 g/mol. The van der Waals surface area contributed by atoms with Crippen LogP contribution in [0, 0.1) is 17.8 Å². The summed E-state index contributed by atoms with van der Waals surface area (Å²) in [7, 11) is 3.14. The van der Waals surface area contributed by atoms with Crippen molar-refractivity contribution in [1.29, 1.82) is 0 Å². The van der Waals surface area contributed by atoms with Gasteiger partial charge in [0.15, 0.2) is 0 Å². The lowest BCUT2D eigenvalue weighted by atomic mass is 9.57. The number of hydrogen-bond donors (Lipinski definition) is 1. The summed E-state index contributed by atoms with van der Waals surface area (Å²) in [6.07, 6.45) is 3.02. The molecule has 2 aliphatic rings. The Balaban J connectivity index is 1.43. The standard InChI is InChI=1S/C32H36F3N3O2/c1-20-14-21-16-22(15-20)19-31(2,18-21)23-7-9-24(10-8-23)37(3)28-12-11-25(17-27(28)32(33,34)35)38(4)29-26(30(39)40)6-5-13-36-29/h5-13,17,20-22H,14-16,18-19H2,1-4H3,(H,39,40). The van der Waals surface area contributed by atoms with Crippen LogP contribution in [0.3, 0.4) is 0 Å². The number of anilines is 4. The first-order valence-corrected chi connectivity index (χ1v) is 13.8. The van der Waals surface area contributed by atoms with Crippen molar-refractivity contribution in [3.8, 4) is 0 Å². The summed E-state index contributed by atoms with van der Waals surface area (Å²) in [5, 5.41) is 9.51. The molecular formula is C32H36F3N3O2. The highest BCUT2D eigenvalue weighted by molar-refractivity contribution is 5.94. The maximum Gasteiger partial charge on any atom is 0.418 e. The summed E-state index contributed by atoms with van der Waals surface area (Å²) < 4.78 is 43.0. The van der Waals surface area contributed by atoms with Gasteiger partial charge in [0, 0.05) is 31.7 Å². The van der Waals surface area contributed by atoms with E-state index in [-0.39, 0.29) is 28.2 Å². The van der Waals surface area contributed by atoms with Crippen LogP contribution in [0.5, 0.6) is 0 Å². The Kier molecular flexibility index (Phi) is 7.31. The number of carbonyl (C=O) groups is 1. The lowest BCUT2D eigenvalue weighted by molar-refractivity contribution is -0.137. The van der Waals surface area contributed by atoms with E-state index in [1.54, 1.807) is 18.0 Å².